The molecule has 1 atom stereocenters. The molecular weight excluding hydrogens is 368 g/mol. The Hall–Kier alpha value is -3.29. The van der Waals surface area contributed by atoms with Crippen LogP contribution in [0.15, 0.2) is 47.4 Å². The first-order valence-corrected chi connectivity index (χ1v) is 9.76. The Labute approximate surface area is 169 Å². The average molecular weight is 392 g/mol. The van der Waals surface area contributed by atoms with Crippen molar-refractivity contribution in [2.45, 2.75) is 19.3 Å². The third-order valence-corrected chi connectivity index (χ3v) is 5.16. The minimum atomic E-state index is 0.0748. The zero-order valence-electron chi connectivity index (χ0n) is 16.7. The summed E-state index contributed by atoms with van der Waals surface area (Å²) in [4.78, 5) is 29.5. The predicted octanol–water partition coefficient (Wildman–Crippen LogP) is 2.69. The van der Waals surface area contributed by atoms with Gasteiger partial charge in [-0.05, 0) is 43.0 Å². The van der Waals surface area contributed by atoms with E-state index in [-0.39, 0.29) is 5.91 Å². The molecule has 3 heterocycles. The van der Waals surface area contributed by atoms with E-state index >= 15 is 0 Å². The van der Waals surface area contributed by atoms with Gasteiger partial charge in [-0.2, -0.15) is 4.98 Å². The molecule has 0 aliphatic carbocycles. The van der Waals surface area contributed by atoms with Crippen LogP contribution >= 0.6 is 0 Å². The van der Waals surface area contributed by atoms with Crippen LogP contribution in [0.3, 0.4) is 0 Å². The summed E-state index contributed by atoms with van der Waals surface area (Å²) in [6.45, 7) is 1.47. The number of anilines is 1. The number of rotatable bonds is 5. The van der Waals surface area contributed by atoms with Crippen LogP contribution < -0.4 is 4.90 Å². The smallest absolute Gasteiger partial charge is 0.253 e. The Kier molecular flexibility index (Phi) is 5.50. The Morgan fingerprint density at radius 2 is 2.07 bits per heavy atom. The third-order valence-electron chi connectivity index (χ3n) is 5.16. The molecule has 150 valence electrons. The van der Waals surface area contributed by atoms with Crippen LogP contribution in [-0.2, 0) is 6.42 Å². The van der Waals surface area contributed by atoms with Gasteiger partial charge in [0.05, 0.1) is 6.20 Å². The largest absolute Gasteiger partial charge is 0.378 e. The lowest BCUT2D eigenvalue weighted by molar-refractivity contribution is 0.0668. The zero-order chi connectivity index (χ0) is 20.2. The first-order chi connectivity index (χ1) is 14.1. The maximum Gasteiger partial charge on any atom is 0.253 e. The van der Waals surface area contributed by atoms with E-state index in [1.165, 1.54) is 0 Å². The summed E-state index contributed by atoms with van der Waals surface area (Å²) in [6.07, 6.45) is 7.46. The Balaban J connectivity index is 1.39. The van der Waals surface area contributed by atoms with Gasteiger partial charge in [0, 0.05) is 57.3 Å². The van der Waals surface area contributed by atoms with E-state index in [0.717, 1.165) is 30.6 Å². The first-order valence-electron chi connectivity index (χ1n) is 9.76. The van der Waals surface area contributed by atoms with E-state index in [2.05, 4.69) is 20.1 Å². The van der Waals surface area contributed by atoms with Crippen molar-refractivity contribution < 1.29 is 9.32 Å². The summed E-state index contributed by atoms with van der Waals surface area (Å²) in [5.74, 6) is 1.38. The lowest BCUT2D eigenvalue weighted by Gasteiger charge is -2.32. The number of benzene rings is 1. The molecule has 1 aliphatic heterocycles. The van der Waals surface area contributed by atoms with Gasteiger partial charge in [-0.1, -0.05) is 5.16 Å². The molecule has 1 aromatic carbocycles. The Bertz CT molecular complexity index is 955. The molecule has 4 rings (SSSR count). The first kappa shape index (κ1) is 19.0. The Morgan fingerprint density at radius 3 is 2.79 bits per heavy atom. The summed E-state index contributed by atoms with van der Waals surface area (Å²) in [5, 5.41) is 4.00. The minimum absolute atomic E-state index is 0.0748. The number of nitrogens with zero attached hydrogens (tertiary/aromatic N) is 6. The van der Waals surface area contributed by atoms with Gasteiger partial charge >= 0.3 is 0 Å². The molecule has 1 fully saturated rings. The van der Waals surface area contributed by atoms with Crippen molar-refractivity contribution in [2.24, 2.45) is 5.92 Å². The summed E-state index contributed by atoms with van der Waals surface area (Å²) in [6, 6.07) is 7.74. The SMILES string of the molecule is CN(C)c1ccc(C(=O)N2CCCC(Cc3nc(-c4cnccn4)no3)C2)cc1. The summed E-state index contributed by atoms with van der Waals surface area (Å²) in [7, 11) is 3.97. The second-order valence-corrected chi connectivity index (χ2v) is 7.51. The van der Waals surface area contributed by atoms with Gasteiger partial charge < -0.3 is 14.3 Å². The fourth-order valence-electron chi connectivity index (χ4n) is 3.60. The monoisotopic (exact) mass is 392 g/mol. The van der Waals surface area contributed by atoms with Crippen molar-refractivity contribution >= 4 is 11.6 Å². The second-order valence-electron chi connectivity index (χ2n) is 7.51. The summed E-state index contributed by atoms with van der Waals surface area (Å²) < 4.78 is 5.40. The fraction of sp³-hybridized carbons (Fsp3) is 0.381. The van der Waals surface area contributed by atoms with E-state index in [1.807, 2.05) is 48.2 Å². The zero-order valence-corrected chi connectivity index (χ0v) is 16.7. The average Bonchev–Trinajstić information content (AvgIpc) is 3.22. The minimum Gasteiger partial charge on any atom is -0.378 e. The number of hydrogen-bond donors (Lipinski definition) is 0. The molecule has 0 N–H and O–H groups in total. The van der Waals surface area contributed by atoms with Gasteiger partial charge in [-0.3, -0.25) is 9.78 Å². The molecule has 1 saturated heterocycles. The number of likely N-dealkylation sites (tertiary alicyclic amines) is 1. The molecule has 8 heteroatoms. The van der Waals surface area contributed by atoms with Crippen molar-refractivity contribution in [3.05, 3.63) is 54.3 Å². The highest BCUT2D eigenvalue weighted by Crippen LogP contribution is 2.23. The highest BCUT2D eigenvalue weighted by Gasteiger charge is 2.26. The van der Waals surface area contributed by atoms with Crippen LogP contribution in [0.1, 0.15) is 29.1 Å². The lowest BCUT2D eigenvalue weighted by Crippen LogP contribution is -2.40. The van der Waals surface area contributed by atoms with Gasteiger partial charge in [0.1, 0.15) is 5.69 Å². The molecule has 29 heavy (non-hydrogen) atoms. The second kappa shape index (κ2) is 8.38. The van der Waals surface area contributed by atoms with Crippen LogP contribution in [0.2, 0.25) is 0 Å². The number of amides is 1. The quantitative estimate of drug-likeness (QED) is 0.659. The third kappa shape index (κ3) is 4.42. The molecule has 3 aromatic rings. The van der Waals surface area contributed by atoms with Crippen molar-refractivity contribution in [2.75, 3.05) is 32.1 Å². The molecule has 0 saturated carbocycles. The molecule has 1 amide bonds. The van der Waals surface area contributed by atoms with Gasteiger partial charge in [0.25, 0.3) is 5.91 Å². The number of piperidine rings is 1. The fourth-order valence-corrected chi connectivity index (χ4v) is 3.60. The van der Waals surface area contributed by atoms with Gasteiger partial charge in [0.2, 0.25) is 11.7 Å². The van der Waals surface area contributed by atoms with E-state index < -0.39 is 0 Å². The maximum absolute atomic E-state index is 12.9. The Morgan fingerprint density at radius 1 is 1.24 bits per heavy atom. The van der Waals surface area contributed by atoms with Crippen LogP contribution in [0.5, 0.6) is 0 Å². The van der Waals surface area contributed by atoms with Gasteiger partial charge in [0.15, 0.2) is 0 Å². The predicted molar refractivity (Wildman–Crippen MR) is 108 cm³/mol. The highest BCUT2D eigenvalue weighted by molar-refractivity contribution is 5.94. The molecule has 0 radical (unpaired) electrons. The molecule has 2 aromatic heterocycles. The summed E-state index contributed by atoms with van der Waals surface area (Å²) >= 11 is 0. The van der Waals surface area contributed by atoms with Crippen LogP contribution in [0.25, 0.3) is 11.5 Å². The standard InChI is InChI=1S/C21H24N6O2/c1-26(2)17-7-5-16(6-8-17)21(28)27-11-3-4-15(14-27)12-19-24-20(25-29-19)18-13-22-9-10-23-18/h5-10,13,15H,3-4,11-12,14H2,1-2H3. The molecule has 1 aliphatic rings. The summed E-state index contributed by atoms with van der Waals surface area (Å²) in [5.41, 5.74) is 2.39. The van der Waals surface area contributed by atoms with Crippen molar-refractivity contribution in [1.29, 1.82) is 0 Å². The van der Waals surface area contributed by atoms with Crippen LogP contribution in [0, 0.1) is 5.92 Å². The van der Waals surface area contributed by atoms with E-state index in [0.29, 0.717) is 36.3 Å². The van der Waals surface area contributed by atoms with Crippen molar-refractivity contribution in [1.82, 2.24) is 25.0 Å². The molecule has 1 unspecified atom stereocenters. The number of carbonyl (C=O) groups excluding carboxylic acids is 1. The van der Waals surface area contributed by atoms with E-state index in [9.17, 15) is 4.79 Å². The molecular formula is C21H24N6O2. The normalized spacial score (nSPS) is 16.6. The van der Waals surface area contributed by atoms with Crippen molar-refractivity contribution in [3.8, 4) is 11.5 Å². The van der Waals surface area contributed by atoms with Crippen LogP contribution in [0.4, 0.5) is 5.69 Å². The van der Waals surface area contributed by atoms with Crippen molar-refractivity contribution in [3.63, 3.8) is 0 Å². The van der Waals surface area contributed by atoms with E-state index in [4.69, 9.17) is 4.52 Å². The van der Waals surface area contributed by atoms with E-state index in [1.54, 1.807) is 18.6 Å². The highest BCUT2D eigenvalue weighted by atomic mass is 16.5. The molecule has 0 spiro atoms. The topological polar surface area (TPSA) is 88.3 Å². The molecule has 8 nitrogen and oxygen atoms in total. The lowest BCUT2D eigenvalue weighted by atomic mass is 9.94. The number of aromatic nitrogens is 4. The number of carbonyl (C=O) groups is 1. The van der Waals surface area contributed by atoms with Gasteiger partial charge in [-0.15, -0.1) is 0 Å². The molecule has 0 bridgehead atoms. The number of hydrogen-bond acceptors (Lipinski definition) is 7. The van der Waals surface area contributed by atoms with Crippen LogP contribution in [-0.4, -0.2) is 58.1 Å². The maximum atomic E-state index is 12.9. The van der Waals surface area contributed by atoms with Gasteiger partial charge in [-0.25, -0.2) is 4.98 Å².